The molecule has 1 N–H and O–H groups in total. The van der Waals surface area contributed by atoms with E-state index in [2.05, 4.69) is 0 Å². The van der Waals surface area contributed by atoms with Gasteiger partial charge < -0.3 is 0 Å². The van der Waals surface area contributed by atoms with Crippen LogP contribution in [-0.4, -0.2) is 20.2 Å². The third-order valence-corrected chi connectivity index (χ3v) is 2.32. The van der Waals surface area contributed by atoms with Gasteiger partial charge in [0.25, 0.3) is 10.0 Å². The molecule has 0 amide bonds. The highest BCUT2D eigenvalue weighted by atomic mass is 32.2. The van der Waals surface area contributed by atoms with E-state index >= 15 is 0 Å². The summed E-state index contributed by atoms with van der Waals surface area (Å²) in [5.74, 6) is 0. The summed E-state index contributed by atoms with van der Waals surface area (Å²) in [7, 11) is -4.24. The quantitative estimate of drug-likeness (QED) is 0.497. The molecule has 1 saturated heterocycles. The molecule has 8 heavy (non-hydrogen) atoms. The fraction of sp³-hybridized carbons (Fsp3) is 1.00. The first-order valence-corrected chi connectivity index (χ1v) is 3.31. The predicted octanol–water partition coefficient (Wildman–Crippen LogP) is -0.488. The molecule has 1 aliphatic heterocycles. The maximum Gasteiger partial charge on any atom is 0.372 e. The first-order valence-electron chi connectivity index (χ1n) is 1.83. The third kappa shape index (κ3) is 0.528. The summed E-state index contributed by atoms with van der Waals surface area (Å²) < 4.78 is 44.7. The standard InChI is InChI=1S/C2H3F2NO2S/c3-2(4)1-5-8(2,6)7/h5H,1H2. The molecule has 0 unspecified atom stereocenters. The lowest BCUT2D eigenvalue weighted by Gasteiger charge is -2.25. The molecule has 0 bridgehead atoms. The highest BCUT2D eigenvalue weighted by molar-refractivity contribution is 7.91. The van der Waals surface area contributed by atoms with E-state index in [1.165, 1.54) is 0 Å². The number of alkyl halides is 2. The summed E-state index contributed by atoms with van der Waals surface area (Å²) in [5.41, 5.74) is 0. The average molecular weight is 143 g/mol. The van der Waals surface area contributed by atoms with Crippen molar-refractivity contribution in [2.45, 2.75) is 5.25 Å². The van der Waals surface area contributed by atoms with Crippen molar-refractivity contribution in [3.63, 3.8) is 0 Å². The van der Waals surface area contributed by atoms with Gasteiger partial charge in [0, 0.05) is 0 Å². The Balaban J connectivity index is 2.95. The molecule has 0 aliphatic carbocycles. The van der Waals surface area contributed by atoms with Gasteiger partial charge in [-0.15, -0.1) is 0 Å². The van der Waals surface area contributed by atoms with Gasteiger partial charge >= 0.3 is 5.25 Å². The highest BCUT2D eigenvalue weighted by Gasteiger charge is 2.54. The van der Waals surface area contributed by atoms with Crippen molar-refractivity contribution in [1.29, 1.82) is 0 Å². The Hall–Kier alpha value is -0.230. The van der Waals surface area contributed by atoms with Crippen LogP contribution in [-0.2, 0) is 10.0 Å². The van der Waals surface area contributed by atoms with E-state index in [-0.39, 0.29) is 0 Å². The monoisotopic (exact) mass is 143 g/mol. The van der Waals surface area contributed by atoms with Crippen LogP contribution in [0.25, 0.3) is 0 Å². The van der Waals surface area contributed by atoms with E-state index in [0.717, 1.165) is 0 Å². The van der Waals surface area contributed by atoms with Crippen LogP contribution in [0.4, 0.5) is 8.78 Å². The number of halogens is 2. The molecule has 0 saturated carbocycles. The Morgan fingerprint density at radius 1 is 1.50 bits per heavy atom. The van der Waals surface area contributed by atoms with Gasteiger partial charge in [0.2, 0.25) is 0 Å². The molecule has 1 rings (SSSR count). The Kier molecular flexibility index (Phi) is 0.876. The van der Waals surface area contributed by atoms with Crippen LogP contribution < -0.4 is 4.72 Å². The molecule has 3 nitrogen and oxygen atoms in total. The van der Waals surface area contributed by atoms with Gasteiger partial charge in [-0.25, -0.2) is 13.1 Å². The van der Waals surface area contributed by atoms with E-state index in [1.54, 1.807) is 4.72 Å². The van der Waals surface area contributed by atoms with Crippen molar-refractivity contribution in [3.8, 4) is 0 Å². The van der Waals surface area contributed by atoms with Gasteiger partial charge in [-0.05, 0) is 0 Å². The van der Waals surface area contributed by atoms with Crippen molar-refractivity contribution in [2.24, 2.45) is 0 Å². The minimum Gasteiger partial charge on any atom is -0.206 e. The molecule has 0 spiro atoms. The maximum absolute atomic E-state index is 11.7. The Morgan fingerprint density at radius 3 is 1.88 bits per heavy atom. The lowest BCUT2D eigenvalue weighted by molar-refractivity contribution is 0.0718. The lowest BCUT2D eigenvalue weighted by Crippen LogP contribution is -2.58. The number of rotatable bonds is 0. The van der Waals surface area contributed by atoms with Crippen LogP contribution in [0.5, 0.6) is 0 Å². The summed E-state index contributed by atoms with van der Waals surface area (Å²) >= 11 is 0. The molecule has 48 valence electrons. The molecule has 0 radical (unpaired) electrons. The van der Waals surface area contributed by atoms with E-state index in [9.17, 15) is 17.2 Å². The fourth-order valence-electron chi connectivity index (χ4n) is 0.299. The highest BCUT2D eigenvalue weighted by Crippen LogP contribution is 2.26. The topological polar surface area (TPSA) is 46.2 Å². The summed E-state index contributed by atoms with van der Waals surface area (Å²) in [4.78, 5) is 0. The predicted molar refractivity (Wildman–Crippen MR) is 21.9 cm³/mol. The average Bonchev–Trinajstić information content (AvgIpc) is 1.64. The minimum absolute atomic E-state index is 0.755. The zero-order valence-corrected chi connectivity index (χ0v) is 4.50. The number of nitrogens with one attached hydrogen (secondary N) is 1. The zero-order valence-electron chi connectivity index (χ0n) is 3.69. The second-order valence-electron chi connectivity index (χ2n) is 1.46. The van der Waals surface area contributed by atoms with Gasteiger partial charge in [0.1, 0.15) is 0 Å². The van der Waals surface area contributed by atoms with E-state index in [0.29, 0.717) is 0 Å². The first-order chi connectivity index (χ1) is 3.46. The van der Waals surface area contributed by atoms with Crippen LogP contribution in [0.3, 0.4) is 0 Å². The third-order valence-electron chi connectivity index (χ3n) is 0.861. The largest absolute Gasteiger partial charge is 0.372 e. The first kappa shape index (κ1) is 5.90. The van der Waals surface area contributed by atoms with Crippen LogP contribution in [0.15, 0.2) is 0 Å². The molecule has 1 heterocycles. The van der Waals surface area contributed by atoms with Crippen LogP contribution in [0, 0.1) is 0 Å². The SMILES string of the molecule is O=S1(=O)NCC1(F)F. The van der Waals surface area contributed by atoms with Crippen molar-refractivity contribution < 1.29 is 17.2 Å². The molecule has 6 heteroatoms. The molecular formula is C2H3F2NO2S. The number of sulfonamides is 1. The lowest BCUT2D eigenvalue weighted by atomic mass is 10.7. The van der Waals surface area contributed by atoms with E-state index < -0.39 is 21.8 Å². The second kappa shape index (κ2) is 1.19. The van der Waals surface area contributed by atoms with Crippen LogP contribution in [0.2, 0.25) is 0 Å². The molecule has 1 fully saturated rings. The fourth-order valence-corrected chi connectivity index (χ4v) is 0.897. The molecule has 0 aromatic rings. The Bertz CT molecular complexity index is 196. The smallest absolute Gasteiger partial charge is 0.206 e. The Labute approximate surface area is 44.7 Å². The van der Waals surface area contributed by atoms with Crippen molar-refractivity contribution in [3.05, 3.63) is 0 Å². The number of hydrogen-bond acceptors (Lipinski definition) is 2. The molecule has 1 aliphatic rings. The Morgan fingerprint density at radius 2 is 1.88 bits per heavy atom. The summed E-state index contributed by atoms with van der Waals surface area (Å²) in [6, 6.07) is 0. The van der Waals surface area contributed by atoms with E-state index in [1.807, 2.05) is 0 Å². The molecule has 0 atom stereocenters. The number of hydrogen-bond donors (Lipinski definition) is 1. The van der Waals surface area contributed by atoms with Crippen molar-refractivity contribution >= 4 is 10.0 Å². The summed E-state index contributed by atoms with van der Waals surface area (Å²) in [6.07, 6.45) is 0. The van der Waals surface area contributed by atoms with E-state index in [4.69, 9.17) is 0 Å². The second-order valence-corrected chi connectivity index (χ2v) is 3.35. The normalized spacial score (nSPS) is 31.2. The van der Waals surface area contributed by atoms with Gasteiger partial charge in [-0.1, -0.05) is 0 Å². The summed E-state index contributed by atoms with van der Waals surface area (Å²) in [6.45, 7) is -0.755. The van der Waals surface area contributed by atoms with Gasteiger partial charge in [-0.2, -0.15) is 8.78 Å². The molecule has 0 aromatic heterocycles. The van der Waals surface area contributed by atoms with Gasteiger partial charge in [-0.3, -0.25) is 0 Å². The van der Waals surface area contributed by atoms with Gasteiger partial charge in [0.05, 0.1) is 6.54 Å². The van der Waals surface area contributed by atoms with Crippen molar-refractivity contribution in [2.75, 3.05) is 6.54 Å². The van der Waals surface area contributed by atoms with Crippen LogP contribution >= 0.6 is 0 Å². The van der Waals surface area contributed by atoms with Crippen molar-refractivity contribution in [1.82, 2.24) is 4.72 Å². The zero-order chi connectivity index (χ0) is 6.41. The maximum atomic E-state index is 11.7. The van der Waals surface area contributed by atoms with Crippen LogP contribution in [0.1, 0.15) is 0 Å². The summed E-state index contributed by atoms with van der Waals surface area (Å²) in [5, 5.41) is -3.52. The molecular weight excluding hydrogens is 140 g/mol. The van der Waals surface area contributed by atoms with Gasteiger partial charge in [0.15, 0.2) is 0 Å². The minimum atomic E-state index is -4.24. The molecule has 0 aromatic carbocycles.